The van der Waals surface area contributed by atoms with E-state index in [1.807, 2.05) is 0 Å². The second kappa shape index (κ2) is 8.91. The summed E-state index contributed by atoms with van der Waals surface area (Å²) in [7, 11) is 1.49. The van der Waals surface area contributed by atoms with Gasteiger partial charge in [-0.15, -0.1) is 0 Å². The molecule has 0 saturated heterocycles. The molecule has 3 N–H and O–H groups in total. The molecule has 0 unspecified atom stereocenters. The van der Waals surface area contributed by atoms with Crippen LogP contribution in [0, 0.1) is 11.8 Å². The van der Waals surface area contributed by atoms with Gasteiger partial charge < -0.3 is 14.6 Å². The molecule has 1 aliphatic carbocycles. The fourth-order valence-corrected chi connectivity index (χ4v) is 2.88. The van der Waals surface area contributed by atoms with E-state index in [1.54, 1.807) is 24.3 Å². The van der Waals surface area contributed by atoms with Crippen LogP contribution in [0.25, 0.3) is 0 Å². The third kappa shape index (κ3) is 5.10. The van der Waals surface area contributed by atoms with E-state index in [0.717, 1.165) is 12.8 Å². The number of hydrogen-bond donors (Lipinski definition) is 3. The molecule has 8 nitrogen and oxygen atoms in total. The van der Waals surface area contributed by atoms with Crippen LogP contribution in [0.1, 0.15) is 25.7 Å². The summed E-state index contributed by atoms with van der Waals surface area (Å²) in [6, 6.07) is 6.87. The van der Waals surface area contributed by atoms with E-state index in [9.17, 15) is 19.5 Å². The van der Waals surface area contributed by atoms with Crippen LogP contribution in [0.3, 0.4) is 0 Å². The maximum absolute atomic E-state index is 12.1. The molecule has 1 aromatic rings. The summed E-state index contributed by atoms with van der Waals surface area (Å²) < 4.78 is 10.5. The molecule has 2 amide bonds. The molecule has 0 bridgehead atoms. The zero-order chi connectivity index (χ0) is 18.2. The Morgan fingerprint density at radius 1 is 1.08 bits per heavy atom. The summed E-state index contributed by atoms with van der Waals surface area (Å²) >= 11 is 0. The van der Waals surface area contributed by atoms with Gasteiger partial charge in [0.25, 0.3) is 5.91 Å². The standard InChI is InChI=1S/C17H22N2O6/c1-24-13-8-4-5-9-14(13)25-10-15(20)18-19-16(21)11-6-2-3-7-12(11)17(22)23/h4-5,8-9,11-12H,2-3,6-7,10H2,1H3,(H,18,20)(H,19,21)(H,22,23)/t11-,12+/m1/s1. The van der Waals surface area contributed by atoms with Crippen molar-refractivity contribution in [3.8, 4) is 11.5 Å². The average Bonchev–Trinajstić information content (AvgIpc) is 2.64. The Balaban J connectivity index is 1.81. The van der Waals surface area contributed by atoms with Crippen molar-refractivity contribution < 1.29 is 29.0 Å². The smallest absolute Gasteiger partial charge is 0.307 e. The number of amides is 2. The van der Waals surface area contributed by atoms with Gasteiger partial charge in [0.1, 0.15) is 0 Å². The summed E-state index contributed by atoms with van der Waals surface area (Å²) in [5.74, 6) is -2.47. The number of rotatable bonds is 6. The molecule has 0 heterocycles. The molecule has 25 heavy (non-hydrogen) atoms. The number of para-hydroxylation sites is 2. The van der Waals surface area contributed by atoms with E-state index in [0.29, 0.717) is 24.3 Å². The lowest BCUT2D eigenvalue weighted by atomic mass is 9.79. The zero-order valence-electron chi connectivity index (χ0n) is 14.0. The predicted molar refractivity (Wildman–Crippen MR) is 87.9 cm³/mol. The summed E-state index contributed by atoms with van der Waals surface area (Å²) in [5.41, 5.74) is 4.54. The average molecular weight is 350 g/mol. The van der Waals surface area contributed by atoms with Gasteiger partial charge >= 0.3 is 5.97 Å². The van der Waals surface area contributed by atoms with Crippen LogP contribution in [-0.2, 0) is 14.4 Å². The molecule has 0 spiro atoms. The Kier molecular flexibility index (Phi) is 6.62. The van der Waals surface area contributed by atoms with Gasteiger partial charge in [0.15, 0.2) is 18.1 Å². The number of benzene rings is 1. The third-order valence-corrected chi connectivity index (χ3v) is 4.17. The van der Waals surface area contributed by atoms with Crippen molar-refractivity contribution in [1.29, 1.82) is 0 Å². The maximum atomic E-state index is 12.1. The number of carboxylic acids is 1. The summed E-state index contributed by atoms with van der Waals surface area (Å²) in [6.45, 7) is -0.312. The molecule has 1 saturated carbocycles. The first-order valence-electron chi connectivity index (χ1n) is 8.10. The first-order valence-corrected chi connectivity index (χ1v) is 8.10. The van der Waals surface area contributed by atoms with Crippen LogP contribution in [0.5, 0.6) is 11.5 Å². The fourth-order valence-electron chi connectivity index (χ4n) is 2.88. The normalized spacial score (nSPS) is 19.6. The summed E-state index contributed by atoms with van der Waals surface area (Å²) in [5, 5.41) is 9.20. The zero-order valence-corrected chi connectivity index (χ0v) is 14.0. The molecule has 0 aromatic heterocycles. The molecule has 1 fully saturated rings. The van der Waals surface area contributed by atoms with Crippen molar-refractivity contribution in [3.05, 3.63) is 24.3 Å². The van der Waals surface area contributed by atoms with Gasteiger partial charge in [-0.1, -0.05) is 25.0 Å². The lowest BCUT2D eigenvalue weighted by Crippen LogP contribution is -2.49. The molecule has 1 aliphatic rings. The number of carbonyl (C=O) groups excluding carboxylic acids is 2. The molecule has 2 rings (SSSR count). The molecule has 0 radical (unpaired) electrons. The highest BCUT2D eigenvalue weighted by atomic mass is 16.5. The number of nitrogens with one attached hydrogen (secondary N) is 2. The summed E-state index contributed by atoms with van der Waals surface area (Å²) in [4.78, 5) is 35.2. The second-order valence-electron chi connectivity index (χ2n) is 5.81. The minimum Gasteiger partial charge on any atom is -0.493 e. The van der Waals surface area contributed by atoms with Crippen LogP contribution in [-0.4, -0.2) is 36.6 Å². The monoisotopic (exact) mass is 350 g/mol. The molecular formula is C17H22N2O6. The Hall–Kier alpha value is -2.77. The number of hydrogen-bond acceptors (Lipinski definition) is 5. The minimum absolute atomic E-state index is 0.312. The van der Waals surface area contributed by atoms with E-state index < -0.39 is 29.6 Å². The Bertz CT molecular complexity index is 633. The second-order valence-corrected chi connectivity index (χ2v) is 5.81. The molecule has 136 valence electrons. The summed E-state index contributed by atoms with van der Waals surface area (Å²) in [6.07, 6.45) is 2.56. The van der Waals surface area contributed by atoms with Crippen molar-refractivity contribution >= 4 is 17.8 Å². The fraction of sp³-hybridized carbons (Fsp3) is 0.471. The molecule has 2 atom stereocenters. The third-order valence-electron chi connectivity index (χ3n) is 4.17. The molecule has 8 heteroatoms. The van der Waals surface area contributed by atoms with Crippen LogP contribution in [0.15, 0.2) is 24.3 Å². The SMILES string of the molecule is COc1ccccc1OCC(=O)NNC(=O)[C@@H]1CCCC[C@@H]1C(=O)O. The molecule has 0 aliphatic heterocycles. The van der Waals surface area contributed by atoms with Gasteiger partial charge in [0.2, 0.25) is 5.91 Å². The van der Waals surface area contributed by atoms with Crippen molar-refractivity contribution in [2.75, 3.05) is 13.7 Å². The number of carbonyl (C=O) groups is 3. The van der Waals surface area contributed by atoms with Gasteiger partial charge in [-0.2, -0.15) is 0 Å². The molecular weight excluding hydrogens is 328 g/mol. The number of ether oxygens (including phenoxy) is 2. The number of aliphatic carboxylic acids is 1. The number of methoxy groups -OCH3 is 1. The Morgan fingerprint density at radius 2 is 1.72 bits per heavy atom. The minimum atomic E-state index is -0.981. The van der Waals surface area contributed by atoms with E-state index in [4.69, 9.17) is 9.47 Å². The van der Waals surface area contributed by atoms with Gasteiger partial charge in [0, 0.05) is 0 Å². The van der Waals surface area contributed by atoms with Crippen LogP contribution in [0.2, 0.25) is 0 Å². The van der Waals surface area contributed by atoms with Gasteiger partial charge in [-0.3, -0.25) is 25.2 Å². The van der Waals surface area contributed by atoms with Crippen molar-refractivity contribution in [1.82, 2.24) is 10.9 Å². The highest BCUT2D eigenvalue weighted by Crippen LogP contribution is 2.30. The highest BCUT2D eigenvalue weighted by Gasteiger charge is 2.35. The van der Waals surface area contributed by atoms with E-state index in [2.05, 4.69) is 10.9 Å². The van der Waals surface area contributed by atoms with E-state index >= 15 is 0 Å². The van der Waals surface area contributed by atoms with Crippen LogP contribution in [0.4, 0.5) is 0 Å². The van der Waals surface area contributed by atoms with Gasteiger partial charge in [0.05, 0.1) is 18.9 Å². The lowest BCUT2D eigenvalue weighted by molar-refractivity contribution is -0.149. The first kappa shape index (κ1) is 18.6. The van der Waals surface area contributed by atoms with Crippen molar-refractivity contribution in [2.45, 2.75) is 25.7 Å². The number of carboxylic acid groups (broad SMARTS) is 1. The predicted octanol–water partition coefficient (Wildman–Crippen LogP) is 1.11. The van der Waals surface area contributed by atoms with Gasteiger partial charge in [-0.05, 0) is 25.0 Å². The molecule has 1 aromatic carbocycles. The van der Waals surface area contributed by atoms with E-state index in [-0.39, 0.29) is 6.61 Å². The maximum Gasteiger partial charge on any atom is 0.307 e. The largest absolute Gasteiger partial charge is 0.493 e. The van der Waals surface area contributed by atoms with Crippen LogP contribution >= 0.6 is 0 Å². The highest BCUT2D eigenvalue weighted by molar-refractivity contribution is 5.87. The Morgan fingerprint density at radius 3 is 2.36 bits per heavy atom. The first-order chi connectivity index (χ1) is 12.0. The Labute approximate surface area is 145 Å². The van der Waals surface area contributed by atoms with E-state index in [1.165, 1.54) is 7.11 Å². The van der Waals surface area contributed by atoms with Gasteiger partial charge in [-0.25, -0.2) is 0 Å². The lowest BCUT2D eigenvalue weighted by Gasteiger charge is -2.27. The van der Waals surface area contributed by atoms with Crippen LogP contribution < -0.4 is 20.3 Å². The van der Waals surface area contributed by atoms with Crippen molar-refractivity contribution in [2.24, 2.45) is 11.8 Å². The topological polar surface area (TPSA) is 114 Å². The van der Waals surface area contributed by atoms with Crippen molar-refractivity contribution in [3.63, 3.8) is 0 Å². The quantitative estimate of drug-likeness (QED) is 0.662. The number of hydrazine groups is 1.